The molecular formula is C19H28N2O3. The second kappa shape index (κ2) is 9.96. The molecule has 2 amide bonds. The first-order valence-corrected chi connectivity index (χ1v) is 9.03. The predicted octanol–water partition coefficient (Wildman–Crippen LogP) is 3.64. The Morgan fingerprint density at radius 2 is 1.75 bits per heavy atom. The normalized spacial score (nSPS) is 14.9. The van der Waals surface area contributed by atoms with E-state index >= 15 is 0 Å². The van der Waals surface area contributed by atoms with Gasteiger partial charge in [0.15, 0.2) is 0 Å². The highest BCUT2D eigenvalue weighted by atomic mass is 16.5. The van der Waals surface area contributed by atoms with Gasteiger partial charge in [0.2, 0.25) is 0 Å². The molecule has 2 rings (SSSR count). The molecule has 0 radical (unpaired) electrons. The summed E-state index contributed by atoms with van der Waals surface area (Å²) in [6.07, 6.45) is 8.73. The number of ether oxygens (including phenoxy) is 1. The highest BCUT2D eigenvalue weighted by Crippen LogP contribution is 2.18. The Bertz CT molecular complexity index is 522. The Morgan fingerprint density at radius 1 is 1.04 bits per heavy atom. The molecule has 132 valence electrons. The first kappa shape index (κ1) is 18.3. The van der Waals surface area contributed by atoms with Gasteiger partial charge in [-0.25, -0.2) is 0 Å². The average Bonchev–Trinajstić information content (AvgIpc) is 2.61. The van der Waals surface area contributed by atoms with Crippen molar-refractivity contribution in [3.8, 4) is 5.75 Å². The minimum atomic E-state index is -0.614. The van der Waals surface area contributed by atoms with Crippen LogP contribution in [0.2, 0.25) is 0 Å². The van der Waals surface area contributed by atoms with Crippen LogP contribution in [0.4, 0.5) is 5.69 Å². The van der Waals surface area contributed by atoms with Crippen molar-refractivity contribution in [2.24, 2.45) is 0 Å². The summed E-state index contributed by atoms with van der Waals surface area (Å²) in [5, 5.41) is 5.44. The average molecular weight is 332 g/mol. The number of hydrogen-bond acceptors (Lipinski definition) is 3. The molecule has 0 aromatic heterocycles. The first-order chi connectivity index (χ1) is 11.7. The molecule has 0 spiro atoms. The van der Waals surface area contributed by atoms with Gasteiger partial charge in [-0.1, -0.05) is 39.0 Å². The Kier molecular flexibility index (Phi) is 7.59. The highest BCUT2D eigenvalue weighted by Gasteiger charge is 2.20. The summed E-state index contributed by atoms with van der Waals surface area (Å²) in [7, 11) is 0. The van der Waals surface area contributed by atoms with Crippen molar-refractivity contribution in [2.75, 3.05) is 11.9 Å². The first-order valence-electron chi connectivity index (χ1n) is 9.03. The summed E-state index contributed by atoms with van der Waals surface area (Å²) < 4.78 is 5.62. The van der Waals surface area contributed by atoms with E-state index in [-0.39, 0.29) is 6.04 Å². The predicted molar refractivity (Wildman–Crippen MR) is 95.1 cm³/mol. The lowest BCUT2D eigenvalue weighted by molar-refractivity contribution is -0.136. The van der Waals surface area contributed by atoms with Crippen LogP contribution >= 0.6 is 0 Å². The van der Waals surface area contributed by atoms with E-state index < -0.39 is 11.8 Å². The summed E-state index contributed by atoms with van der Waals surface area (Å²) in [6, 6.07) is 7.25. The number of benzene rings is 1. The zero-order valence-electron chi connectivity index (χ0n) is 14.5. The van der Waals surface area contributed by atoms with Crippen LogP contribution in [0.3, 0.4) is 0 Å². The summed E-state index contributed by atoms with van der Waals surface area (Å²) in [6.45, 7) is 2.85. The van der Waals surface area contributed by atoms with E-state index in [1.807, 2.05) is 0 Å². The Hall–Kier alpha value is -2.04. The largest absolute Gasteiger partial charge is 0.494 e. The molecular weight excluding hydrogens is 304 g/mol. The lowest BCUT2D eigenvalue weighted by Gasteiger charge is -2.22. The quantitative estimate of drug-likeness (QED) is 0.592. The molecule has 24 heavy (non-hydrogen) atoms. The molecule has 1 aromatic carbocycles. The molecule has 0 aliphatic heterocycles. The zero-order chi connectivity index (χ0) is 17.2. The van der Waals surface area contributed by atoms with Crippen LogP contribution in [0.1, 0.15) is 58.3 Å². The monoisotopic (exact) mass is 332 g/mol. The number of amides is 2. The van der Waals surface area contributed by atoms with Crippen LogP contribution in [0.15, 0.2) is 24.3 Å². The van der Waals surface area contributed by atoms with Gasteiger partial charge >= 0.3 is 11.8 Å². The Morgan fingerprint density at radius 3 is 2.42 bits per heavy atom. The van der Waals surface area contributed by atoms with Crippen molar-refractivity contribution >= 4 is 17.5 Å². The molecule has 2 N–H and O–H groups in total. The van der Waals surface area contributed by atoms with Gasteiger partial charge in [0.1, 0.15) is 5.75 Å². The second-order valence-electron chi connectivity index (χ2n) is 6.34. The van der Waals surface area contributed by atoms with Crippen molar-refractivity contribution in [3.05, 3.63) is 24.3 Å². The fourth-order valence-corrected chi connectivity index (χ4v) is 2.86. The van der Waals surface area contributed by atoms with E-state index in [0.717, 1.165) is 50.7 Å². The number of carbonyl (C=O) groups is 2. The molecule has 5 heteroatoms. The third-order valence-electron chi connectivity index (χ3n) is 4.28. The molecule has 0 unspecified atom stereocenters. The second-order valence-corrected chi connectivity index (χ2v) is 6.34. The summed E-state index contributed by atoms with van der Waals surface area (Å²) >= 11 is 0. The maximum absolute atomic E-state index is 12.0. The lowest BCUT2D eigenvalue weighted by atomic mass is 9.95. The number of unbranched alkanes of at least 4 members (excludes halogenated alkanes) is 2. The molecule has 1 saturated carbocycles. The highest BCUT2D eigenvalue weighted by molar-refractivity contribution is 6.39. The Labute approximate surface area is 144 Å². The minimum Gasteiger partial charge on any atom is -0.494 e. The van der Waals surface area contributed by atoms with Crippen molar-refractivity contribution in [1.29, 1.82) is 0 Å². The number of nitrogens with one attached hydrogen (secondary N) is 2. The van der Waals surface area contributed by atoms with Gasteiger partial charge in [-0.3, -0.25) is 9.59 Å². The molecule has 1 fully saturated rings. The smallest absolute Gasteiger partial charge is 0.313 e. The summed E-state index contributed by atoms with van der Waals surface area (Å²) in [5.41, 5.74) is 0.597. The van der Waals surface area contributed by atoms with E-state index in [9.17, 15) is 9.59 Å². The molecule has 0 saturated heterocycles. The zero-order valence-corrected chi connectivity index (χ0v) is 14.5. The van der Waals surface area contributed by atoms with Gasteiger partial charge in [-0.15, -0.1) is 0 Å². The fourth-order valence-electron chi connectivity index (χ4n) is 2.86. The van der Waals surface area contributed by atoms with Gasteiger partial charge in [0.05, 0.1) is 6.61 Å². The molecule has 0 bridgehead atoms. The lowest BCUT2D eigenvalue weighted by Crippen LogP contribution is -2.42. The van der Waals surface area contributed by atoms with Gasteiger partial charge in [-0.05, 0) is 43.5 Å². The minimum absolute atomic E-state index is 0.135. The van der Waals surface area contributed by atoms with E-state index in [2.05, 4.69) is 17.6 Å². The number of carbonyl (C=O) groups excluding carboxylic acids is 2. The van der Waals surface area contributed by atoms with Crippen molar-refractivity contribution in [3.63, 3.8) is 0 Å². The van der Waals surface area contributed by atoms with E-state index in [0.29, 0.717) is 12.3 Å². The van der Waals surface area contributed by atoms with Crippen LogP contribution in [0, 0.1) is 0 Å². The van der Waals surface area contributed by atoms with E-state index in [4.69, 9.17) is 4.74 Å². The van der Waals surface area contributed by atoms with Gasteiger partial charge in [0, 0.05) is 11.7 Å². The third kappa shape index (κ3) is 6.22. The third-order valence-corrected chi connectivity index (χ3v) is 4.28. The molecule has 1 aliphatic carbocycles. The molecule has 5 nitrogen and oxygen atoms in total. The van der Waals surface area contributed by atoms with E-state index in [1.54, 1.807) is 24.3 Å². The summed E-state index contributed by atoms with van der Waals surface area (Å²) in [4.78, 5) is 23.9. The topological polar surface area (TPSA) is 67.4 Å². The standard InChI is InChI=1S/C19H28N2O3/c1-2-3-7-14-24-17-12-10-16(11-13-17)21-19(23)18(22)20-15-8-5-4-6-9-15/h10-13,15H,2-9,14H2,1H3,(H,20,22)(H,21,23). The fraction of sp³-hybridized carbons (Fsp3) is 0.579. The molecule has 0 heterocycles. The maximum atomic E-state index is 12.0. The van der Waals surface area contributed by atoms with Crippen LogP contribution in [-0.4, -0.2) is 24.5 Å². The van der Waals surface area contributed by atoms with Crippen LogP contribution < -0.4 is 15.4 Å². The van der Waals surface area contributed by atoms with Crippen LogP contribution in [0.5, 0.6) is 5.75 Å². The maximum Gasteiger partial charge on any atom is 0.313 e. The Balaban J connectivity index is 1.75. The number of hydrogen-bond donors (Lipinski definition) is 2. The van der Waals surface area contributed by atoms with Crippen molar-refractivity contribution in [2.45, 2.75) is 64.3 Å². The van der Waals surface area contributed by atoms with E-state index in [1.165, 1.54) is 6.42 Å². The van der Waals surface area contributed by atoms with Crippen molar-refractivity contribution < 1.29 is 14.3 Å². The molecule has 1 aromatic rings. The molecule has 1 aliphatic rings. The van der Waals surface area contributed by atoms with Gasteiger partial charge in [0.25, 0.3) is 0 Å². The molecule has 0 atom stereocenters. The van der Waals surface area contributed by atoms with Gasteiger partial charge in [-0.2, -0.15) is 0 Å². The van der Waals surface area contributed by atoms with Crippen LogP contribution in [0.25, 0.3) is 0 Å². The SMILES string of the molecule is CCCCCOc1ccc(NC(=O)C(=O)NC2CCCCC2)cc1. The van der Waals surface area contributed by atoms with Crippen molar-refractivity contribution in [1.82, 2.24) is 5.32 Å². The number of rotatable bonds is 7. The number of anilines is 1. The summed E-state index contributed by atoms with van der Waals surface area (Å²) in [5.74, 6) is -0.394. The van der Waals surface area contributed by atoms with Crippen LogP contribution in [-0.2, 0) is 9.59 Å². The van der Waals surface area contributed by atoms with Gasteiger partial charge < -0.3 is 15.4 Å².